The summed E-state index contributed by atoms with van der Waals surface area (Å²) in [5.74, 6) is -0.248. The van der Waals surface area contributed by atoms with E-state index >= 15 is 0 Å². The first kappa shape index (κ1) is 13.1. The third-order valence-electron chi connectivity index (χ3n) is 3.66. The van der Waals surface area contributed by atoms with Gasteiger partial charge in [0.2, 0.25) is 5.91 Å². The molecule has 1 aromatic carbocycles. The Labute approximate surface area is 122 Å². The summed E-state index contributed by atoms with van der Waals surface area (Å²) in [5, 5.41) is 3.05. The van der Waals surface area contributed by atoms with Gasteiger partial charge in [-0.2, -0.15) is 0 Å². The number of anilines is 1. The van der Waals surface area contributed by atoms with E-state index in [1.54, 1.807) is 11.3 Å². The topological polar surface area (TPSA) is 59.2 Å². The molecule has 1 aliphatic rings. The second kappa shape index (κ2) is 5.63. The molecule has 0 unspecified atom stereocenters. The van der Waals surface area contributed by atoms with Gasteiger partial charge in [0, 0.05) is 24.0 Å². The number of carbonyl (C=O) groups is 1. The maximum absolute atomic E-state index is 11.3. The molecule has 1 aliphatic heterocycles. The zero-order valence-electron chi connectivity index (χ0n) is 11.2. The Morgan fingerprint density at radius 2 is 2.15 bits per heavy atom. The number of hydrogen-bond acceptors (Lipinski definition) is 4. The van der Waals surface area contributed by atoms with Gasteiger partial charge in [0.15, 0.2) is 5.13 Å². The van der Waals surface area contributed by atoms with Crippen molar-refractivity contribution in [1.82, 2.24) is 4.98 Å². The number of thiazole rings is 1. The zero-order valence-corrected chi connectivity index (χ0v) is 12.0. The molecule has 2 heterocycles. The molecule has 1 saturated heterocycles. The highest BCUT2D eigenvalue weighted by molar-refractivity contribution is 7.14. The molecular weight excluding hydrogens is 270 g/mol. The van der Waals surface area contributed by atoms with Crippen LogP contribution in [0.25, 0.3) is 11.3 Å². The Bertz CT molecular complexity index is 596. The summed E-state index contributed by atoms with van der Waals surface area (Å²) in [6.07, 6.45) is 1.89. The van der Waals surface area contributed by atoms with Crippen LogP contribution in [0.4, 0.5) is 5.13 Å². The van der Waals surface area contributed by atoms with Crippen molar-refractivity contribution in [2.24, 2.45) is 11.7 Å². The van der Waals surface area contributed by atoms with Crippen LogP contribution in [0.2, 0.25) is 0 Å². The van der Waals surface area contributed by atoms with Gasteiger partial charge in [0.25, 0.3) is 0 Å². The summed E-state index contributed by atoms with van der Waals surface area (Å²) < 4.78 is 0. The lowest BCUT2D eigenvalue weighted by molar-refractivity contribution is -0.122. The normalized spacial score (nSPS) is 19.0. The first-order valence-electron chi connectivity index (χ1n) is 6.79. The van der Waals surface area contributed by atoms with Gasteiger partial charge in [-0.3, -0.25) is 4.79 Å². The maximum atomic E-state index is 11.3. The maximum Gasteiger partial charge on any atom is 0.222 e. The lowest BCUT2D eigenvalue weighted by Crippen LogP contribution is -2.41. The third kappa shape index (κ3) is 2.67. The molecular formula is C15H17N3OS. The number of rotatable bonds is 3. The van der Waals surface area contributed by atoms with E-state index in [4.69, 9.17) is 10.7 Å². The molecule has 2 aromatic rings. The Morgan fingerprint density at radius 3 is 2.90 bits per heavy atom. The van der Waals surface area contributed by atoms with Crippen LogP contribution in [0.5, 0.6) is 0 Å². The quantitative estimate of drug-likeness (QED) is 0.943. The molecule has 0 spiro atoms. The average molecular weight is 287 g/mol. The van der Waals surface area contributed by atoms with Gasteiger partial charge < -0.3 is 10.6 Å². The predicted octanol–water partition coefficient (Wildman–Crippen LogP) is 2.51. The molecule has 5 heteroatoms. The van der Waals surface area contributed by atoms with Crippen LogP contribution in [-0.2, 0) is 4.79 Å². The molecule has 0 aliphatic carbocycles. The summed E-state index contributed by atoms with van der Waals surface area (Å²) in [6, 6.07) is 10.1. The van der Waals surface area contributed by atoms with E-state index < -0.39 is 0 Å². The number of piperidine rings is 1. The summed E-state index contributed by atoms with van der Waals surface area (Å²) in [4.78, 5) is 18.2. The second-order valence-corrected chi connectivity index (χ2v) is 5.91. The number of carbonyl (C=O) groups excluding carboxylic acids is 1. The summed E-state index contributed by atoms with van der Waals surface area (Å²) in [6.45, 7) is 1.64. The van der Waals surface area contributed by atoms with Gasteiger partial charge in [-0.05, 0) is 12.8 Å². The number of amides is 1. The van der Waals surface area contributed by atoms with Crippen molar-refractivity contribution in [3.05, 3.63) is 35.7 Å². The Kier molecular flexibility index (Phi) is 3.69. The van der Waals surface area contributed by atoms with Crippen molar-refractivity contribution in [2.75, 3.05) is 18.0 Å². The highest BCUT2D eigenvalue weighted by atomic mass is 32.1. The first-order valence-corrected chi connectivity index (χ1v) is 7.67. The van der Waals surface area contributed by atoms with Crippen molar-refractivity contribution >= 4 is 22.4 Å². The largest absolute Gasteiger partial charge is 0.369 e. The lowest BCUT2D eigenvalue weighted by atomic mass is 9.98. The molecule has 0 bridgehead atoms. The molecule has 104 valence electrons. The fraction of sp³-hybridized carbons (Fsp3) is 0.333. The number of primary amides is 1. The molecule has 1 fully saturated rings. The molecule has 1 amide bonds. The SMILES string of the molecule is NC(=O)[C@H]1CCCN(c2nc(-c3ccccc3)cs2)C1. The number of aromatic nitrogens is 1. The second-order valence-electron chi connectivity index (χ2n) is 5.07. The molecule has 2 N–H and O–H groups in total. The van der Waals surface area contributed by atoms with Crippen LogP contribution in [0.15, 0.2) is 35.7 Å². The fourth-order valence-corrected chi connectivity index (χ4v) is 3.41. The van der Waals surface area contributed by atoms with Crippen molar-refractivity contribution < 1.29 is 4.79 Å². The number of benzene rings is 1. The minimum atomic E-state index is -0.200. The Balaban J connectivity index is 1.78. The van der Waals surface area contributed by atoms with Gasteiger partial charge in [-0.1, -0.05) is 30.3 Å². The molecule has 3 rings (SSSR count). The standard InChI is InChI=1S/C15H17N3OS/c16-14(19)12-7-4-8-18(9-12)15-17-13(10-20-15)11-5-2-1-3-6-11/h1-3,5-6,10,12H,4,7-9H2,(H2,16,19)/t12-/m0/s1. The van der Waals surface area contributed by atoms with Gasteiger partial charge >= 0.3 is 0 Å². The number of nitrogens with zero attached hydrogens (tertiary/aromatic N) is 2. The van der Waals surface area contributed by atoms with E-state index in [0.29, 0.717) is 6.54 Å². The third-order valence-corrected chi connectivity index (χ3v) is 4.56. The van der Waals surface area contributed by atoms with E-state index in [1.165, 1.54) is 0 Å². The van der Waals surface area contributed by atoms with Crippen LogP contribution in [0, 0.1) is 5.92 Å². The first-order chi connectivity index (χ1) is 9.74. The summed E-state index contributed by atoms with van der Waals surface area (Å²) in [7, 11) is 0. The molecule has 4 nitrogen and oxygen atoms in total. The minimum Gasteiger partial charge on any atom is -0.369 e. The highest BCUT2D eigenvalue weighted by Gasteiger charge is 2.25. The average Bonchev–Trinajstić information content (AvgIpc) is 2.98. The van der Waals surface area contributed by atoms with Crippen molar-refractivity contribution in [2.45, 2.75) is 12.8 Å². The molecule has 0 radical (unpaired) electrons. The van der Waals surface area contributed by atoms with Crippen molar-refractivity contribution in [1.29, 1.82) is 0 Å². The van der Waals surface area contributed by atoms with E-state index in [1.807, 2.05) is 18.2 Å². The fourth-order valence-electron chi connectivity index (χ4n) is 2.53. The molecule has 1 atom stereocenters. The van der Waals surface area contributed by atoms with Crippen LogP contribution in [0.1, 0.15) is 12.8 Å². The zero-order chi connectivity index (χ0) is 13.9. The van der Waals surface area contributed by atoms with E-state index in [2.05, 4.69) is 22.4 Å². The number of hydrogen-bond donors (Lipinski definition) is 1. The van der Waals surface area contributed by atoms with Crippen LogP contribution >= 0.6 is 11.3 Å². The van der Waals surface area contributed by atoms with Gasteiger partial charge in [0.05, 0.1) is 11.6 Å². The Morgan fingerprint density at radius 1 is 1.35 bits per heavy atom. The van der Waals surface area contributed by atoms with Gasteiger partial charge in [-0.15, -0.1) is 11.3 Å². The van der Waals surface area contributed by atoms with Gasteiger partial charge in [0.1, 0.15) is 0 Å². The van der Waals surface area contributed by atoms with Crippen LogP contribution < -0.4 is 10.6 Å². The smallest absolute Gasteiger partial charge is 0.222 e. The Hall–Kier alpha value is -1.88. The molecule has 20 heavy (non-hydrogen) atoms. The minimum absolute atomic E-state index is 0.0483. The molecule has 0 saturated carbocycles. The predicted molar refractivity (Wildman–Crippen MR) is 81.7 cm³/mol. The van der Waals surface area contributed by atoms with Gasteiger partial charge in [-0.25, -0.2) is 4.98 Å². The molecule has 1 aromatic heterocycles. The van der Waals surface area contributed by atoms with Crippen molar-refractivity contribution in [3.8, 4) is 11.3 Å². The van der Waals surface area contributed by atoms with Crippen molar-refractivity contribution in [3.63, 3.8) is 0 Å². The van der Waals surface area contributed by atoms with Crippen LogP contribution in [0.3, 0.4) is 0 Å². The number of nitrogens with two attached hydrogens (primary N) is 1. The lowest BCUT2D eigenvalue weighted by Gasteiger charge is -2.30. The summed E-state index contributed by atoms with van der Waals surface area (Å²) in [5.41, 5.74) is 7.54. The highest BCUT2D eigenvalue weighted by Crippen LogP contribution is 2.30. The van der Waals surface area contributed by atoms with Crippen LogP contribution in [-0.4, -0.2) is 24.0 Å². The van der Waals surface area contributed by atoms with E-state index in [9.17, 15) is 4.79 Å². The van der Waals surface area contributed by atoms with E-state index in [0.717, 1.165) is 35.8 Å². The van der Waals surface area contributed by atoms with E-state index in [-0.39, 0.29) is 11.8 Å². The monoisotopic (exact) mass is 287 g/mol. The summed E-state index contributed by atoms with van der Waals surface area (Å²) >= 11 is 1.63.